The molecule has 0 aliphatic rings. The van der Waals surface area contributed by atoms with Gasteiger partial charge in [-0.15, -0.1) is 11.3 Å². The van der Waals surface area contributed by atoms with E-state index in [9.17, 15) is 4.79 Å². The summed E-state index contributed by atoms with van der Waals surface area (Å²) in [7, 11) is 1.89. The molecule has 2 aromatic rings. The van der Waals surface area contributed by atoms with E-state index >= 15 is 0 Å². The van der Waals surface area contributed by atoms with Gasteiger partial charge >= 0.3 is 6.03 Å². The second-order valence-electron chi connectivity index (χ2n) is 3.63. The van der Waals surface area contributed by atoms with Crippen LogP contribution in [0.1, 0.15) is 5.69 Å². The first kappa shape index (κ1) is 11.6. The smallest absolute Gasteiger partial charge is 0.324 e. The summed E-state index contributed by atoms with van der Waals surface area (Å²) in [6.07, 6.45) is 0. The van der Waals surface area contributed by atoms with Crippen molar-refractivity contribution in [2.75, 3.05) is 5.32 Å². The molecular formula is C12H13N3OS. The van der Waals surface area contributed by atoms with Gasteiger partial charge in [0, 0.05) is 23.8 Å². The van der Waals surface area contributed by atoms with Crippen LogP contribution >= 0.6 is 11.3 Å². The lowest BCUT2D eigenvalue weighted by molar-refractivity contribution is 0.259. The van der Waals surface area contributed by atoms with Crippen LogP contribution in [0.4, 0.5) is 10.5 Å². The van der Waals surface area contributed by atoms with E-state index in [4.69, 9.17) is 0 Å². The van der Waals surface area contributed by atoms with Crippen LogP contribution in [-0.4, -0.2) is 10.6 Å². The van der Waals surface area contributed by atoms with Crippen LogP contribution in [0.2, 0.25) is 0 Å². The van der Waals surface area contributed by atoms with E-state index in [1.165, 1.54) is 11.3 Å². The second-order valence-corrected chi connectivity index (χ2v) is 4.46. The Labute approximate surface area is 103 Å². The molecule has 0 radical (unpaired) electrons. The average molecular weight is 247 g/mol. The fraction of sp³-hybridized carbons (Fsp3) is 0.167. The van der Waals surface area contributed by atoms with E-state index in [0.717, 1.165) is 11.4 Å². The van der Waals surface area contributed by atoms with Gasteiger partial charge in [0.15, 0.2) is 4.80 Å². The molecule has 0 aliphatic carbocycles. The third-order valence-electron chi connectivity index (χ3n) is 2.37. The van der Waals surface area contributed by atoms with Crippen molar-refractivity contribution >= 4 is 23.1 Å². The number of carbonyl (C=O) groups excluding carboxylic acids is 1. The van der Waals surface area contributed by atoms with Crippen molar-refractivity contribution < 1.29 is 4.79 Å². The number of benzene rings is 1. The summed E-state index contributed by atoms with van der Waals surface area (Å²) in [6.45, 7) is 1.98. The summed E-state index contributed by atoms with van der Waals surface area (Å²) < 4.78 is 1.88. The summed E-state index contributed by atoms with van der Waals surface area (Å²) in [5.74, 6) is 0. The molecule has 0 saturated carbocycles. The predicted molar refractivity (Wildman–Crippen MR) is 69.1 cm³/mol. The zero-order valence-electron chi connectivity index (χ0n) is 9.68. The highest BCUT2D eigenvalue weighted by Gasteiger charge is 2.01. The first-order valence-electron chi connectivity index (χ1n) is 5.18. The molecule has 0 fully saturated rings. The Bertz CT molecular complexity index is 583. The molecule has 2 rings (SSSR count). The largest absolute Gasteiger partial charge is 0.348 e. The number of nitrogens with zero attached hydrogens (tertiary/aromatic N) is 2. The average Bonchev–Trinajstić information content (AvgIpc) is 2.62. The fourth-order valence-corrected chi connectivity index (χ4v) is 2.18. The lowest BCUT2D eigenvalue weighted by Gasteiger charge is -1.99. The van der Waals surface area contributed by atoms with E-state index < -0.39 is 0 Å². The van der Waals surface area contributed by atoms with Crippen LogP contribution in [0, 0.1) is 6.92 Å². The maximum Gasteiger partial charge on any atom is 0.348 e. The zero-order valence-corrected chi connectivity index (χ0v) is 10.5. The summed E-state index contributed by atoms with van der Waals surface area (Å²) in [6, 6.07) is 8.93. The SMILES string of the molecule is Cc1csc(=NC(=O)Nc2ccccc2)n1C. The van der Waals surface area contributed by atoms with Crippen molar-refractivity contribution in [3.8, 4) is 0 Å². The molecule has 1 aromatic heterocycles. The Hall–Kier alpha value is -1.88. The van der Waals surface area contributed by atoms with Gasteiger partial charge in [-0.3, -0.25) is 0 Å². The van der Waals surface area contributed by atoms with Gasteiger partial charge in [0.25, 0.3) is 0 Å². The maximum atomic E-state index is 11.7. The monoisotopic (exact) mass is 247 g/mol. The quantitative estimate of drug-likeness (QED) is 0.827. The minimum absolute atomic E-state index is 0.353. The molecule has 0 aliphatic heterocycles. The molecule has 4 nitrogen and oxygen atoms in total. The molecule has 88 valence electrons. The number of rotatable bonds is 1. The molecule has 1 aromatic carbocycles. The summed E-state index contributed by atoms with van der Waals surface area (Å²) >= 11 is 1.45. The van der Waals surface area contributed by atoms with E-state index in [2.05, 4.69) is 10.3 Å². The Balaban J connectivity index is 2.18. The first-order valence-corrected chi connectivity index (χ1v) is 6.06. The number of amides is 2. The number of hydrogen-bond donors (Lipinski definition) is 1. The highest BCUT2D eigenvalue weighted by atomic mass is 32.1. The molecule has 17 heavy (non-hydrogen) atoms. The van der Waals surface area contributed by atoms with Crippen LogP contribution in [0.15, 0.2) is 40.7 Å². The molecule has 0 atom stereocenters. The van der Waals surface area contributed by atoms with E-state index in [1.54, 1.807) is 0 Å². The lowest BCUT2D eigenvalue weighted by Crippen LogP contribution is -2.17. The molecule has 2 amide bonds. The number of para-hydroxylation sites is 1. The maximum absolute atomic E-state index is 11.7. The Morgan fingerprint density at radius 3 is 2.65 bits per heavy atom. The van der Waals surface area contributed by atoms with Crippen molar-refractivity contribution in [2.45, 2.75) is 6.92 Å². The predicted octanol–water partition coefficient (Wildman–Crippen LogP) is 2.53. The van der Waals surface area contributed by atoms with Crippen LogP contribution in [0.5, 0.6) is 0 Å². The number of aryl methyl sites for hydroxylation is 1. The van der Waals surface area contributed by atoms with Crippen molar-refractivity contribution in [3.05, 3.63) is 46.2 Å². The minimum atomic E-state index is -0.353. The molecule has 0 spiro atoms. The number of nitrogens with one attached hydrogen (secondary N) is 1. The molecule has 1 N–H and O–H groups in total. The Kier molecular flexibility index (Phi) is 3.39. The molecular weight excluding hydrogens is 234 g/mol. The highest BCUT2D eigenvalue weighted by molar-refractivity contribution is 7.07. The summed E-state index contributed by atoms with van der Waals surface area (Å²) in [5, 5.41) is 4.68. The second kappa shape index (κ2) is 4.97. The zero-order chi connectivity index (χ0) is 12.3. The van der Waals surface area contributed by atoms with Crippen LogP contribution < -0.4 is 10.1 Å². The number of aromatic nitrogens is 1. The van der Waals surface area contributed by atoms with E-state index in [-0.39, 0.29) is 6.03 Å². The minimum Gasteiger partial charge on any atom is -0.324 e. The molecule has 0 bridgehead atoms. The van der Waals surface area contributed by atoms with Gasteiger partial charge in [-0.2, -0.15) is 4.99 Å². The van der Waals surface area contributed by atoms with Crippen molar-refractivity contribution in [1.29, 1.82) is 0 Å². The van der Waals surface area contributed by atoms with Crippen LogP contribution in [0.25, 0.3) is 0 Å². The third kappa shape index (κ3) is 2.82. The number of anilines is 1. The molecule has 0 unspecified atom stereocenters. The molecule has 0 saturated heterocycles. The van der Waals surface area contributed by atoms with Gasteiger partial charge in [0.1, 0.15) is 0 Å². The fourth-order valence-electron chi connectivity index (χ4n) is 1.31. The number of thiazole rings is 1. The Morgan fingerprint density at radius 1 is 1.35 bits per heavy atom. The van der Waals surface area contributed by atoms with E-state index in [1.807, 2.05) is 54.3 Å². The number of carbonyl (C=O) groups is 1. The number of hydrogen-bond acceptors (Lipinski definition) is 2. The summed E-state index contributed by atoms with van der Waals surface area (Å²) in [4.78, 5) is 16.4. The van der Waals surface area contributed by atoms with Gasteiger partial charge in [0.05, 0.1) is 0 Å². The first-order chi connectivity index (χ1) is 8.16. The van der Waals surface area contributed by atoms with Gasteiger partial charge < -0.3 is 9.88 Å². The third-order valence-corrected chi connectivity index (χ3v) is 3.41. The highest BCUT2D eigenvalue weighted by Crippen LogP contribution is 2.05. The normalized spacial score (nSPS) is 11.5. The lowest BCUT2D eigenvalue weighted by atomic mass is 10.3. The van der Waals surface area contributed by atoms with Gasteiger partial charge in [-0.1, -0.05) is 18.2 Å². The molecule has 5 heteroatoms. The van der Waals surface area contributed by atoms with Crippen LogP contribution in [-0.2, 0) is 7.05 Å². The van der Waals surface area contributed by atoms with Gasteiger partial charge in [0.2, 0.25) is 0 Å². The standard InChI is InChI=1S/C12H13N3OS/c1-9-8-17-12(15(9)2)14-11(16)13-10-6-4-3-5-7-10/h3-8H,1-2H3,(H,13,16). The van der Waals surface area contributed by atoms with Gasteiger partial charge in [-0.25, -0.2) is 4.79 Å². The van der Waals surface area contributed by atoms with Crippen LogP contribution in [0.3, 0.4) is 0 Å². The van der Waals surface area contributed by atoms with Crippen molar-refractivity contribution in [2.24, 2.45) is 12.0 Å². The van der Waals surface area contributed by atoms with E-state index in [0.29, 0.717) is 4.80 Å². The van der Waals surface area contributed by atoms with Crippen molar-refractivity contribution in [1.82, 2.24) is 4.57 Å². The summed E-state index contributed by atoms with van der Waals surface area (Å²) in [5.41, 5.74) is 1.83. The molecule has 1 heterocycles. The van der Waals surface area contributed by atoms with Crippen molar-refractivity contribution in [3.63, 3.8) is 0 Å². The topological polar surface area (TPSA) is 46.4 Å². The Morgan fingerprint density at radius 2 is 2.06 bits per heavy atom. The number of urea groups is 1. The van der Waals surface area contributed by atoms with Gasteiger partial charge in [-0.05, 0) is 19.1 Å².